The summed E-state index contributed by atoms with van der Waals surface area (Å²) >= 11 is 1.52. The highest BCUT2D eigenvalue weighted by molar-refractivity contribution is 7.99. The third kappa shape index (κ3) is 4.82. The van der Waals surface area contributed by atoms with Gasteiger partial charge in [0.1, 0.15) is 0 Å². The minimum Gasteiger partial charge on any atom is -0.349 e. The number of carbonyl (C=O) groups excluding carboxylic acids is 1. The number of hydrogen-bond donors (Lipinski definition) is 2. The molecule has 0 fully saturated rings. The van der Waals surface area contributed by atoms with Gasteiger partial charge in [-0.3, -0.25) is 4.79 Å². The van der Waals surface area contributed by atoms with E-state index in [1.165, 1.54) is 11.8 Å². The van der Waals surface area contributed by atoms with Gasteiger partial charge < -0.3 is 11.1 Å². The quantitative estimate of drug-likeness (QED) is 0.809. The van der Waals surface area contributed by atoms with Crippen molar-refractivity contribution in [2.75, 3.05) is 18.6 Å². The van der Waals surface area contributed by atoms with Crippen molar-refractivity contribution < 1.29 is 4.79 Å². The molecular formula is C14H18N2OS. The zero-order chi connectivity index (χ0) is 13.4. The van der Waals surface area contributed by atoms with Crippen molar-refractivity contribution in [3.63, 3.8) is 0 Å². The van der Waals surface area contributed by atoms with Crippen molar-refractivity contribution in [1.29, 1.82) is 0 Å². The molecule has 96 valence electrons. The van der Waals surface area contributed by atoms with Crippen LogP contribution >= 0.6 is 11.8 Å². The van der Waals surface area contributed by atoms with Gasteiger partial charge >= 0.3 is 0 Å². The van der Waals surface area contributed by atoms with E-state index < -0.39 is 0 Å². The number of hydrogen-bond acceptors (Lipinski definition) is 3. The van der Waals surface area contributed by atoms with Gasteiger partial charge in [0.15, 0.2) is 0 Å². The molecule has 0 spiro atoms. The number of amides is 1. The molecule has 0 heterocycles. The lowest BCUT2D eigenvalue weighted by atomic mass is 10.1. The summed E-state index contributed by atoms with van der Waals surface area (Å²) in [6.45, 7) is 2.34. The number of rotatable bonds is 4. The molecule has 1 atom stereocenters. The first-order valence-corrected chi connectivity index (χ1v) is 7.14. The number of carbonyl (C=O) groups is 1. The van der Waals surface area contributed by atoms with Crippen LogP contribution in [0.5, 0.6) is 0 Å². The Labute approximate surface area is 113 Å². The van der Waals surface area contributed by atoms with Crippen LogP contribution in [0.3, 0.4) is 0 Å². The van der Waals surface area contributed by atoms with Crippen LogP contribution in [0.25, 0.3) is 0 Å². The zero-order valence-electron chi connectivity index (χ0n) is 10.7. The van der Waals surface area contributed by atoms with Crippen LogP contribution in [-0.2, 0) is 4.79 Å². The van der Waals surface area contributed by atoms with Crippen LogP contribution in [0.2, 0.25) is 0 Å². The van der Waals surface area contributed by atoms with Gasteiger partial charge in [-0.15, -0.1) is 0 Å². The molecule has 0 bridgehead atoms. The van der Waals surface area contributed by atoms with Gasteiger partial charge in [-0.25, -0.2) is 0 Å². The molecule has 0 aliphatic carbocycles. The number of thioether (sulfide) groups is 1. The van der Waals surface area contributed by atoms with Crippen LogP contribution in [0.15, 0.2) is 24.3 Å². The Balaban J connectivity index is 2.64. The normalized spacial score (nSPS) is 11.3. The second-order valence-corrected chi connectivity index (χ2v) is 4.72. The van der Waals surface area contributed by atoms with E-state index in [-0.39, 0.29) is 11.9 Å². The maximum absolute atomic E-state index is 11.5. The van der Waals surface area contributed by atoms with Crippen LogP contribution in [0.1, 0.15) is 24.1 Å². The molecule has 0 aliphatic rings. The fourth-order valence-corrected chi connectivity index (χ4v) is 1.85. The summed E-state index contributed by atoms with van der Waals surface area (Å²) in [5, 5.41) is 2.94. The first-order chi connectivity index (χ1) is 8.67. The second kappa shape index (κ2) is 7.80. The first kappa shape index (κ1) is 14.6. The van der Waals surface area contributed by atoms with Gasteiger partial charge in [-0.05, 0) is 30.9 Å². The van der Waals surface area contributed by atoms with Crippen LogP contribution < -0.4 is 11.1 Å². The third-order valence-corrected chi connectivity index (χ3v) is 2.95. The van der Waals surface area contributed by atoms with Gasteiger partial charge in [-0.1, -0.05) is 24.0 Å². The molecule has 0 aromatic heterocycles. The van der Waals surface area contributed by atoms with Crippen LogP contribution in [0, 0.1) is 11.8 Å². The van der Waals surface area contributed by atoms with Crippen molar-refractivity contribution >= 4 is 17.7 Å². The standard InChI is InChI=1S/C14H18N2OS/c1-11(16-14(17)10-18-2)13-7-5-12(6-8-13)4-3-9-15/h5-8,11H,9-10,15H2,1-2H3,(H,16,17). The summed E-state index contributed by atoms with van der Waals surface area (Å²) in [6.07, 6.45) is 1.91. The lowest BCUT2D eigenvalue weighted by molar-refractivity contribution is -0.119. The summed E-state index contributed by atoms with van der Waals surface area (Å²) in [7, 11) is 0. The smallest absolute Gasteiger partial charge is 0.230 e. The van der Waals surface area contributed by atoms with E-state index in [1.807, 2.05) is 37.4 Å². The third-order valence-electron chi connectivity index (χ3n) is 2.40. The summed E-state index contributed by atoms with van der Waals surface area (Å²) in [4.78, 5) is 11.5. The minimum atomic E-state index is 0.0150. The molecular weight excluding hydrogens is 244 g/mol. The maximum atomic E-state index is 11.5. The average molecular weight is 262 g/mol. The SMILES string of the molecule is CSCC(=O)NC(C)c1ccc(C#CCN)cc1. The Bertz CT molecular complexity index is 445. The van der Waals surface area contributed by atoms with Crippen molar-refractivity contribution in [1.82, 2.24) is 5.32 Å². The topological polar surface area (TPSA) is 55.1 Å². The summed E-state index contributed by atoms with van der Waals surface area (Å²) < 4.78 is 0. The number of benzene rings is 1. The van der Waals surface area contributed by atoms with Crippen molar-refractivity contribution in [2.24, 2.45) is 5.73 Å². The van der Waals surface area contributed by atoms with Crippen molar-refractivity contribution in [2.45, 2.75) is 13.0 Å². The Kier molecular flexibility index (Phi) is 6.34. The molecule has 1 rings (SSSR count). The molecule has 3 N–H and O–H groups in total. The monoisotopic (exact) mass is 262 g/mol. The molecule has 3 nitrogen and oxygen atoms in total. The van der Waals surface area contributed by atoms with E-state index in [0.717, 1.165) is 11.1 Å². The summed E-state index contributed by atoms with van der Waals surface area (Å²) in [5.74, 6) is 6.32. The van der Waals surface area contributed by atoms with Crippen LogP contribution in [-0.4, -0.2) is 24.5 Å². The van der Waals surface area contributed by atoms with Crippen LogP contribution in [0.4, 0.5) is 0 Å². The molecule has 0 saturated carbocycles. The highest BCUT2D eigenvalue weighted by Gasteiger charge is 2.08. The largest absolute Gasteiger partial charge is 0.349 e. The van der Waals surface area contributed by atoms with Gasteiger partial charge in [0.2, 0.25) is 5.91 Å². The Hall–Kier alpha value is -1.44. The predicted octanol–water partition coefficient (Wildman–Crippen LogP) is 1.54. The molecule has 0 aliphatic heterocycles. The van der Waals surface area contributed by atoms with E-state index in [9.17, 15) is 4.79 Å². The fourth-order valence-electron chi connectivity index (χ4n) is 1.51. The Morgan fingerprint density at radius 3 is 2.67 bits per heavy atom. The van der Waals surface area contributed by atoms with E-state index >= 15 is 0 Å². The molecule has 1 aromatic rings. The number of nitrogens with two attached hydrogens (primary N) is 1. The summed E-state index contributed by atoms with van der Waals surface area (Å²) in [6, 6.07) is 7.85. The van der Waals surface area contributed by atoms with E-state index in [2.05, 4.69) is 17.2 Å². The lowest BCUT2D eigenvalue weighted by Gasteiger charge is -2.13. The van der Waals surface area contributed by atoms with Gasteiger partial charge in [0, 0.05) is 5.56 Å². The first-order valence-electron chi connectivity index (χ1n) is 5.74. The highest BCUT2D eigenvalue weighted by Crippen LogP contribution is 2.13. The second-order valence-electron chi connectivity index (χ2n) is 3.85. The maximum Gasteiger partial charge on any atom is 0.230 e. The molecule has 18 heavy (non-hydrogen) atoms. The van der Waals surface area contributed by atoms with Gasteiger partial charge in [0.05, 0.1) is 18.3 Å². The summed E-state index contributed by atoms with van der Waals surface area (Å²) in [5.41, 5.74) is 7.32. The minimum absolute atomic E-state index is 0.0150. The number of nitrogens with one attached hydrogen (secondary N) is 1. The van der Waals surface area contributed by atoms with Crippen molar-refractivity contribution in [3.8, 4) is 11.8 Å². The molecule has 0 radical (unpaired) electrons. The Morgan fingerprint density at radius 2 is 2.11 bits per heavy atom. The molecule has 1 amide bonds. The highest BCUT2D eigenvalue weighted by atomic mass is 32.2. The van der Waals surface area contributed by atoms with E-state index in [4.69, 9.17) is 5.73 Å². The molecule has 1 unspecified atom stereocenters. The van der Waals surface area contributed by atoms with E-state index in [1.54, 1.807) is 0 Å². The van der Waals surface area contributed by atoms with Gasteiger partial charge in [-0.2, -0.15) is 11.8 Å². The zero-order valence-corrected chi connectivity index (χ0v) is 11.5. The fraction of sp³-hybridized carbons (Fsp3) is 0.357. The lowest BCUT2D eigenvalue weighted by Crippen LogP contribution is -2.28. The van der Waals surface area contributed by atoms with E-state index in [0.29, 0.717) is 12.3 Å². The Morgan fingerprint density at radius 1 is 1.44 bits per heavy atom. The molecule has 0 saturated heterocycles. The van der Waals surface area contributed by atoms with Crippen molar-refractivity contribution in [3.05, 3.63) is 35.4 Å². The molecule has 1 aromatic carbocycles. The average Bonchev–Trinajstić information content (AvgIpc) is 2.37. The molecule has 4 heteroatoms. The predicted molar refractivity (Wildman–Crippen MR) is 77.3 cm³/mol. The van der Waals surface area contributed by atoms with Gasteiger partial charge in [0.25, 0.3) is 0 Å².